The van der Waals surface area contributed by atoms with Crippen LogP contribution in [0.2, 0.25) is 0 Å². The standard InChI is InChI=1S/C18H17FN4O3/c1-25-15-8-4-12(5-9-15)10-16-22-23-18(26-16)21-17(24)20-11-13-2-6-14(19)7-3-13/h2-9H,10-11H2,1H3,(H2,20,21,23,24). The Balaban J connectivity index is 1.50. The molecular weight excluding hydrogens is 339 g/mol. The average molecular weight is 356 g/mol. The Hall–Kier alpha value is -3.42. The van der Waals surface area contributed by atoms with Gasteiger partial charge in [0.05, 0.1) is 13.5 Å². The number of anilines is 1. The van der Waals surface area contributed by atoms with Crippen molar-refractivity contribution in [1.82, 2.24) is 15.5 Å². The Morgan fingerprint density at radius 3 is 2.46 bits per heavy atom. The van der Waals surface area contributed by atoms with Crippen molar-refractivity contribution < 1.29 is 18.3 Å². The number of carbonyl (C=O) groups excluding carboxylic acids is 1. The van der Waals surface area contributed by atoms with E-state index >= 15 is 0 Å². The predicted molar refractivity (Wildman–Crippen MR) is 92.4 cm³/mol. The monoisotopic (exact) mass is 356 g/mol. The van der Waals surface area contributed by atoms with E-state index in [1.807, 2.05) is 24.3 Å². The molecule has 0 aliphatic carbocycles. The van der Waals surface area contributed by atoms with Gasteiger partial charge in [-0.2, -0.15) is 0 Å². The van der Waals surface area contributed by atoms with Gasteiger partial charge in [-0.3, -0.25) is 5.32 Å². The average Bonchev–Trinajstić information content (AvgIpc) is 3.08. The highest BCUT2D eigenvalue weighted by atomic mass is 19.1. The third-order valence-electron chi connectivity index (χ3n) is 3.57. The van der Waals surface area contributed by atoms with Crippen molar-refractivity contribution in [2.75, 3.05) is 12.4 Å². The van der Waals surface area contributed by atoms with E-state index in [4.69, 9.17) is 9.15 Å². The minimum absolute atomic E-state index is 0.00474. The molecule has 0 atom stereocenters. The molecule has 0 unspecified atom stereocenters. The van der Waals surface area contributed by atoms with Gasteiger partial charge in [0.1, 0.15) is 11.6 Å². The summed E-state index contributed by atoms with van der Waals surface area (Å²) in [6.45, 7) is 0.249. The van der Waals surface area contributed by atoms with Crippen LogP contribution in [0, 0.1) is 5.82 Å². The van der Waals surface area contributed by atoms with Crippen LogP contribution in [-0.4, -0.2) is 23.3 Å². The smallest absolute Gasteiger partial charge is 0.323 e. The lowest BCUT2D eigenvalue weighted by Crippen LogP contribution is -2.28. The van der Waals surface area contributed by atoms with E-state index in [2.05, 4.69) is 20.8 Å². The van der Waals surface area contributed by atoms with Crippen LogP contribution in [-0.2, 0) is 13.0 Å². The minimum Gasteiger partial charge on any atom is -0.497 e. The summed E-state index contributed by atoms with van der Waals surface area (Å²) in [5.74, 6) is 0.817. The molecule has 0 fully saturated rings. The number of amides is 2. The van der Waals surface area contributed by atoms with Crippen molar-refractivity contribution in [2.24, 2.45) is 0 Å². The Morgan fingerprint density at radius 2 is 1.77 bits per heavy atom. The summed E-state index contributed by atoms with van der Waals surface area (Å²) < 4.78 is 23.3. The highest BCUT2D eigenvalue weighted by Crippen LogP contribution is 2.15. The number of hydrogen-bond donors (Lipinski definition) is 2. The maximum absolute atomic E-state index is 12.8. The first-order valence-corrected chi connectivity index (χ1v) is 7.87. The molecule has 0 saturated carbocycles. The first kappa shape index (κ1) is 17.4. The van der Waals surface area contributed by atoms with Crippen molar-refractivity contribution in [2.45, 2.75) is 13.0 Å². The maximum atomic E-state index is 12.8. The molecule has 3 rings (SSSR count). The normalized spacial score (nSPS) is 10.4. The topological polar surface area (TPSA) is 89.3 Å². The largest absolute Gasteiger partial charge is 0.497 e. The highest BCUT2D eigenvalue weighted by molar-refractivity contribution is 5.86. The number of nitrogens with zero attached hydrogens (tertiary/aromatic N) is 2. The van der Waals surface area contributed by atoms with Gasteiger partial charge >= 0.3 is 12.0 Å². The summed E-state index contributed by atoms with van der Waals surface area (Å²) in [6.07, 6.45) is 0.440. The van der Waals surface area contributed by atoms with E-state index in [1.165, 1.54) is 12.1 Å². The molecule has 3 aromatic rings. The van der Waals surface area contributed by atoms with Gasteiger partial charge in [0.15, 0.2) is 0 Å². The zero-order valence-electron chi connectivity index (χ0n) is 14.0. The third-order valence-corrected chi connectivity index (χ3v) is 3.57. The van der Waals surface area contributed by atoms with Gasteiger partial charge < -0.3 is 14.5 Å². The van der Waals surface area contributed by atoms with Gasteiger partial charge in [0, 0.05) is 6.54 Å². The molecule has 2 amide bonds. The molecule has 0 spiro atoms. The van der Waals surface area contributed by atoms with Gasteiger partial charge in [-0.1, -0.05) is 29.4 Å². The molecule has 0 aliphatic rings. The molecule has 2 N–H and O–H groups in total. The van der Waals surface area contributed by atoms with Crippen LogP contribution >= 0.6 is 0 Å². The Bertz CT molecular complexity index is 863. The molecule has 0 bridgehead atoms. The summed E-state index contributed by atoms with van der Waals surface area (Å²) in [5.41, 5.74) is 1.74. The first-order valence-electron chi connectivity index (χ1n) is 7.87. The lowest BCUT2D eigenvalue weighted by molar-refractivity contribution is 0.251. The van der Waals surface area contributed by atoms with E-state index in [9.17, 15) is 9.18 Å². The number of urea groups is 1. The summed E-state index contributed by atoms with van der Waals surface area (Å²) in [7, 11) is 1.60. The predicted octanol–water partition coefficient (Wildman–Crippen LogP) is 3.13. The molecule has 0 saturated heterocycles. The highest BCUT2D eigenvalue weighted by Gasteiger charge is 2.10. The van der Waals surface area contributed by atoms with Gasteiger partial charge in [-0.15, -0.1) is 5.10 Å². The SMILES string of the molecule is COc1ccc(Cc2nnc(NC(=O)NCc3ccc(F)cc3)o2)cc1. The van der Waals surface area contributed by atoms with E-state index < -0.39 is 6.03 Å². The summed E-state index contributed by atoms with van der Waals surface area (Å²) in [6, 6.07) is 12.8. The number of ether oxygens (including phenoxy) is 1. The Labute approximate surface area is 149 Å². The van der Waals surface area contributed by atoms with Crippen LogP contribution in [0.15, 0.2) is 52.9 Å². The molecule has 2 aromatic carbocycles. The Kier molecular flexibility index (Phi) is 5.43. The maximum Gasteiger partial charge on any atom is 0.323 e. The molecule has 26 heavy (non-hydrogen) atoms. The second kappa shape index (κ2) is 8.11. The Morgan fingerprint density at radius 1 is 1.08 bits per heavy atom. The van der Waals surface area contributed by atoms with Crippen LogP contribution in [0.4, 0.5) is 15.2 Å². The van der Waals surface area contributed by atoms with E-state index in [-0.39, 0.29) is 18.4 Å². The molecule has 1 aromatic heterocycles. The first-order chi connectivity index (χ1) is 12.6. The molecule has 1 heterocycles. The van der Waals surface area contributed by atoms with Gasteiger partial charge in [0.2, 0.25) is 5.89 Å². The number of rotatable bonds is 6. The van der Waals surface area contributed by atoms with Gasteiger partial charge in [-0.25, -0.2) is 9.18 Å². The zero-order valence-corrected chi connectivity index (χ0v) is 14.0. The van der Waals surface area contributed by atoms with E-state index in [0.29, 0.717) is 12.3 Å². The minimum atomic E-state index is -0.492. The van der Waals surface area contributed by atoms with Crippen molar-refractivity contribution in [3.8, 4) is 5.75 Å². The number of aromatic nitrogens is 2. The number of halogens is 1. The van der Waals surface area contributed by atoms with Crippen LogP contribution in [0.5, 0.6) is 5.75 Å². The second-order valence-electron chi connectivity index (χ2n) is 5.46. The molecule has 0 radical (unpaired) electrons. The van der Waals surface area contributed by atoms with Crippen molar-refractivity contribution in [1.29, 1.82) is 0 Å². The number of nitrogens with one attached hydrogen (secondary N) is 2. The van der Waals surface area contributed by atoms with Crippen molar-refractivity contribution in [3.05, 3.63) is 71.4 Å². The van der Waals surface area contributed by atoms with Crippen LogP contribution < -0.4 is 15.4 Å². The molecular formula is C18H17FN4O3. The number of carbonyl (C=O) groups is 1. The molecule has 8 heteroatoms. The summed E-state index contributed by atoms with van der Waals surface area (Å²) in [4.78, 5) is 11.9. The van der Waals surface area contributed by atoms with Gasteiger partial charge in [-0.05, 0) is 35.4 Å². The molecule has 0 aliphatic heterocycles. The van der Waals surface area contributed by atoms with Crippen LogP contribution in [0.25, 0.3) is 0 Å². The lowest BCUT2D eigenvalue weighted by Gasteiger charge is -2.04. The van der Waals surface area contributed by atoms with Gasteiger partial charge in [0.25, 0.3) is 0 Å². The number of methoxy groups -OCH3 is 1. The lowest BCUT2D eigenvalue weighted by atomic mass is 10.1. The summed E-state index contributed by atoms with van der Waals surface area (Å²) >= 11 is 0. The third kappa shape index (κ3) is 4.79. The van der Waals surface area contributed by atoms with Crippen LogP contribution in [0.3, 0.4) is 0 Å². The summed E-state index contributed by atoms with van der Waals surface area (Å²) in [5, 5.41) is 12.8. The second-order valence-corrected chi connectivity index (χ2v) is 5.46. The van der Waals surface area contributed by atoms with E-state index in [1.54, 1.807) is 19.2 Å². The van der Waals surface area contributed by atoms with Crippen molar-refractivity contribution >= 4 is 12.0 Å². The zero-order chi connectivity index (χ0) is 18.4. The fourth-order valence-electron chi connectivity index (χ4n) is 2.22. The number of hydrogen-bond acceptors (Lipinski definition) is 5. The van der Waals surface area contributed by atoms with Crippen LogP contribution in [0.1, 0.15) is 17.0 Å². The molecule has 7 nitrogen and oxygen atoms in total. The quantitative estimate of drug-likeness (QED) is 0.708. The number of benzene rings is 2. The van der Waals surface area contributed by atoms with Crippen molar-refractivity contribution in [3.63, 3.8) is 0 Å². The van der Waals surface area contributed by atoms with E-state index in [0.717, 1.165) is 16.9 Å². The molecule has 134 valence electrons. The fourth-order valence-corrected chi connectivity index (χ4v) is 2.22. The fraction of sp³-hybridized carbons (Fsp3) is 0.167.